The normalized spacial score (nSPS) is 13.5. The first-order chi connectivity index (χ1) is 6.63. The lowest BCUT2D eigenvalue weighted by Crippen LogP contribution is -2.37. The Labute approximate surface area is 80.5 Å². The number of aromatic nitrogens is 4. The maximum absolute atomic E-state index is 12.4. The van der Waals surface area contributed by atoms with Crippen molar-refractivity contribution in [3.05, 3.63) is 5.82 Å². The molecular weight excluding hydrogens is 192 g/mol. The zero-order valence-corrected chi connectivity index (χ0v) is 8.11. The van der Waals surface area contributed by atoms with Crippen LogP contribution in [-0.2, 0) is 13.5 Å². The van der Waals surface area contributed by atoms with Crippen molar-refractivity contribution in [1.29, 1.82) is 0 Å². The molecule has 0 aromatic carbocycles. The Kier molecular flexibility index (Phi) is 3.87. The van der Waals surface area contributed by atoms with Gasteiger partial charge in [0, 0.05) is 6.42 Å². The first kappa shape index (κ1) is 11.0. The van der Waals surface area contributed by atoms with Crippen molar-refractivity contribution in [2.24, 2.45) is 7.05 Å². The van der Waals surface area contributed by atoms with Crippen molar-refractivity contribution in [3.63, 3.8) is 0 Å². The van der Waals surface area contributed by atoms with Crippen LogP contribution in [0.1, 0.15) is 12.7 Å². The van der Waals surface area contributed by atoms with Crippen LogP contribution in [0.25, 0.3) is 0 Å². The van der Waals surface area contributed by atoms with Gasteiger partial charge in [-0.1, -0.05) is 6.92 Å². The van der Waals surface area contributed by atoms with E-state index >= 15 is 0 Å². The Morgan fingerprint density at radius 2 is 2.21 bits per heavy atom. The van der Waals surface area contributed by atoms with Crippen LogP contribution in [0.4, 0.5) is 8.78 Å². The molecule has 0 amide bonds. The molecule has 80 valence electrons. The predicted molar refractivity (Wildman–Crippen MR) is 46.0 cm³/mol. The van der Waals surface area contributed by atoms with Gasteiger partial charge in [0.25, 0.3) is 6.43 Å². The molecule has 14 heavy (non-hydrogen) atoms. The van der Waals surface area contributed by atoms with Gasteiger partial charge in [-0.15, -0.1) is 10.2 Å². The molecule has 1 N–H and O–H groups in total. The Morgan fingerprint density at radius 1 is 1.50 bits per heavy atom. The maximum Gasteiger partial charge on any atom is 0.254 e. The molecule has 1 atom stereocenters. The highest BCUT2D eigenvalue weighted by Gasteiger charge is 2.21. The van der Waals surface area contributed by atoms with E-state index in [0.717, 1.165) is 0 Å². The van der Waals surface area contributed by atoms with Gasteiger partial charge in [-0.05, 0) is 11.8 Å². The van der Waals surface area contributed by atoms with E-state index in [1.54, 1.807) is 14.0 Å². The summed E-state index contributed by atoms with van der Waals surface area (Å²) in [5.41, 5.74) is 0. The quantitative estimate of drug-likeness (QED) is 0.735. The third-order valence-electron chi connectivity index (χ3n) is 1.72. The molecule has 1 unspecified atom stereocenters. The van der Waals surface area contributed by atoms with E-state index in [4.69, 9.17) is 0 Å². The van der Waals surface area contributed by atoms with Crippen LogP contribution in [0.15, 0.2) is 0 Å². The highest BCUT2D eigenvalue weighted by molar-refractivity contribution is 4.85. The molecule has 0 aliphatic carbocycles. The van der Waals surface area contributed by atoms with E-state index in [2.05, 4.69) is 20.7 Å². The molecule has 1 aromatic rings. The van der Waals surface area contributed by atoms with Crippen LogP contribution in [0.3, 0.4) is 0 Å². The van der Waals surface area contributed by atoms with Gasteiger partial charge in [0.05, 0.1) is 13.1 Å². The number of likely N-dealkylation sites (N-methyl/N-ethyl adjacent to an activating group) is 1. The molecule has 0 saturated carbocycles. The number of hydrogen-bond acceptors (Lipinski definition) is 4. The molecule has 5 nitrogen and oxygen atoms in total. The van der Waals surface area contributed by atoms with Crippen molar-refractivity contribution < 1.29 is 8.78 Å². The zero-order chi connectivity index (χ0) is 10.6. The molecule has 0 spiro atoms. The largest absolute Gasteiger partial charge is 0.309 e. The lowest BCUT2D eigenvalue weighted by Gasteiger charge is -2.14. The van der Waals surface area contributed by atoms with Crippen LogP contribution >= 0.6 is 0 Å². The van der Waals surface area contributed by atoms with Crippen LogP contribution in [0.2, 0.25) is 0 Å². The van der Waals surface area contributed by atoms with Crippen molar-refractivity contribution >= 4 is 0 Å². The monoisotopic (exact) mass is 205 g/mol. The van der Waals surface area contributed by atoms with Crippen molar-refractivity contribution in [1.82, 2.24) is 25.5 Å². The summed E-state index contributed by atoms with van der Waals surface area (Å²) in [6, 6.07) is -0.899. The number of nitrogens with one attached hydrogen (secondary N) is 1. The lowest BCUT2D eigenvalue weighted by atomic mass is 10.2. The fourth-order valence-electron chi connectivity index (χ4n) is 1.11. The highest BCUT2D eigenvalue weighted by Crippen LogP contribution is 2.05. The Hall–Kier alpha value is -1.11. The van der Waals surface area contributed by atoms with Crippen molar-refractivity contribution in [2.45, 2.75) is 25.8 Å². The minimum atomic E-state index is -2.42. The van der Waals surface area contributed by atoms with Gasteiger partial charge >= 0.3 is 0 Å². The molecule has 7 heteroatoms. The summed E-state index contributed by atoms with van der Waals surface area (Å²) in [6.45, 7) is 2.27. The molecule has 0 saturated heterocycles. The van der Waals surface area contributed by atoms with E-state index in [9.17, 15) is 8.78 Å². The predicted octanol–water partition coefficient (Wildman–Crippen LogP) is -0.00420. The summed E-state index contributed by atoms with van der Waals surface area (Å²) < 4.78 is 24.9. The average Bonchev–Trinajstić information content (AvgIpc) is 2.50. The highest BCUT2D eigenvalue weighted by atomic mass is 19.3. The summed E-state index contributed by atoms with van der Waals surface area (Å²) in [7, 11) is 1.60. The van der Waals surface area contributed by atoms with E-state index in [0.29, 0.717) is 12.4 Å². The third-order valence-corrected chi connectivity index (χ3v) is 1.72. The molecule has 0 bridgehead atoms. The summed E-state index contributed by atoms with van der Waals surface area (Å²) in [5, 5.41) is 13.7. The van der Waals surface area contributed by atoms with Gasteiger partial charge in [0.1, 0.15) is 0 Å². The minimum absolute atomic E-state index is 0.0966. The topological polar surface area (TPSA) is 55.6 Å². The molecule has 0 fully saturated rings. The van der Waals surface area contributed by atoms with Crippen LogP contribution in [0, 0.1) is 0 Å². The second kappa shape index (κ2) is 4.94. The Balaban J connectivity index is 2.55. The number of alkyl halides is 2. The number of tetrazole rings is 1. The summed E-state index contributed by atoms with van der Waals surface area (Å²) in [6.07, 6.45) is -2.32. The average molecular weight is 205 g/mol. The van der Waals surface area contributed by atoms with E-state index in [-0.39, 0.29) is 6.42 Å². The number of aryl methyl sites for hydroxylation is 1. The third kappa shape index (κ3) is 2.99. The smallest absolute Gasteiger partial charge is 0.254 e. The van der Waals surface area contributed by atoms with Crippen molar-refractivity contribution in [2.75, 3.05) is 6.54 Å². The van der Waals surface area contributed by atoms with Crippen LogP contribution < -0.4 is 5.32 Å². The fraction of sp³-hybridized carbons (Fsp3) is 0.857. The molecule has 0 aliphatic heterocycles. The maximum atomic E-state index is 12.4. The van der Waals surface area contributed by atoms with E-state index in [1.807, 2.05) is 0 Å². The van der Waals surface area contributed by atoms with Crippen LogP contribution in [0.5, 0.6) is 0 Å². The van der Waals surface area contributed by atoms with Crippen LogP contribution in [-0.4, -0.2) is 39.2 Å². The fourth-order valence-corrected chi connectivity index (χ4v) is 1.11. The van der Waals surface area contributed by atoms with Gasteiger partial charge in [-0.3, -0.25) is 0 Å². The SMILES string of the molecule is CCNC(Cc1nnn(C)n1)C(F)F. The van der Waals surface area contributed by atoms with Gasteiger partial charge in [-0.25, -0.2) is 8.78 Å². The molecular formula is C7H13F2N5. The van der Waals surface area contributed by atoms with E-state index in [1.165, 1.54) is 4.80 Å². The Morgan fingerprint density at radius 3 is 2.64 bits per heavy atom. The van der Waals surface area contributed by atoms with Gasteiger partial charge in [0.15, 0.2) is 5.82 Å². The zero-order valence-electron chi connectivity index (χ0n) is 8.11. The number of rotatable bonds is 5. The summed E-state index contributed by atoms with van der Waals surface area (Å²) in [4.78, 5) is 1.25. The first-order valence-electron chi connectivity index (χ1n) is 4.38. The number of hydrogen-bond donors (Lipinski definition) is 1. The Bertz CT molecular complexity index is 275. The van der Waals surface area contributed by atoms with Gasteiger partial charge < -0.3 is 5.32 Å². The minimum Gasteiger partial charge on any atom is -0.309 e. The van der Waals surface area contributed by atoms with Gasteiger partial charge in [-0.2, -0.15) is 4.80 Å². The lowest BCUT2D eigenvalue weighted by molar-refractivity contribution is 0.0981. The molecule has 0 radical (unpaired) electrons. The number of halogens is 2. The molecule has 1 aromatic heterocycles. The second-order valence-electron chi connectivity index (χ2n) is 2.90. The summed E-state index contributed by atoms with van der Waals surface area (Å²) >= 11 is 0. The first-order valence-corrected chi connectivity index (χ1v) is 4.38. The van der Waals surface area contributed by atoms with Crippen molar-refractivity contribution in [3.8, 4) is 0 Å². The molecule has 1 heterocycles. The van der Waals surface area contributed by atoms with Gasteiger partial charge in [0.2, 0.25) is 0 Å². The second-order valence-corrected chi connectivity index (χ2v) is 2.90. The standard InChI is InChI=1S/C7H13F2N5/c1-3-10-5(7(8)9)4-6-11-13-14(2)12-6/h5,7,10H,3-4H2,1-2H3. The van der Waals surface area contributed by atoms with E-state index < -0.39 is 12.5 Å². The molecule has 0 aliphatic rings. The summed E-state index contributed by atoms with van der Waals surface area (Å²) in [5.74, 6) is 0.332. The molecule has 1 rings (SSSR count). The number of nitrogens with zero attached hydrogens (tertiary/aromatic N) is 4.